The van der Waals surface area contributed by atoms with Gasteiger partial charge in [0.15, 0.2) is 5.13 Å². The van der Waals surface area contributed by atoms with Crippen LogP contribution in [-0.2, 0) is 26.2 Å². The van der Waals surface area contributed by atoms with Gasteiger partial charge in [-0.05, 0) is 38.0 Å². The van der Waals surface area contributed by atoms with Crippen LogP contribution >= 0.6 is 11.3 Å². The molecule has 162 valence electrons. The van der Waals surface area contributed by atoms with Crippen molar-refractivity contribution in [2.45, 2.75) is 44.6 Å². The van der Waals surface area contributed by atoms with E-state index in [4.69, 9.17) is 4.74 Å². The largest absolute Gasteiger partial charge is 0.456 e. The molecule has 0 N–H and O–H groups in total. The molecule has 0 spiro atoms. The van der Waals surface area contributed by atoms with Crippen molar-refractivity contribution in [1.29, 1.82) is 0 Å². The van der Waals surface area contributed by atoms with Gasteiger partial charge >= 0.3 is 5.97 Å². The molecule has 1 aliphatic rings. The van der Waals surface area contributed by atoms with Gasteiger partial charge in [-0.3, -0.25) is 9.69 Å². The van der Waals surface area contributed by atoms with Crippen LogP contribution in [0.4, 0.5) is 5.13 Å². The summed E-state index contributed by atoms with van der Waals surface area (Å²) in [5.74, 6) is -0.735. The van der Waals surface area contributed by atoms with Gasteiger partial charge in [-0.1, -0.05) is 12.5 Å². The molecule has 1 saturated heterocycles. The Kier molecular flexibility index (Phi) is 7.22. The smallest absolute Gasteiger partial charge is 0.338 e. The van der Waals surface area contributed by atoms with E-state index in [2.05, 4.69) is 4.98 Å². The van der Waals surface area contributed by atoms with Gasteiger partial charge in [-0.15, -0.1) is 11.3 Å². The van der Waals surface area contributed by atoms with Crippen LogP contribution in [0.2, 0.25) is 0 Å². The topological polar surface area (TPSA) is 96.9 Å². The number of hydrogen-bond donors (Lipinski definition) is 0. The minimum absolute atomic E-state index is 0.0616. The maximum atomic E-state index is 12.8. The first-order valence-corrected chi connectivity index (χ1v) is 12.1. The van der Waals surface area contributed by atoms with E-state index >= 15 is 0 Å². The van der Waals surface area contributed by atoms with Crippen molar-refractivity contribution in [3.8, 4) is 0 Å². The van der Waals surface area contributed by atoms with Crippen LogP contribution < -0.4 is 4.90 Å². The van der Waals surface area contributed by atoms with Gasteiger partial charge < -0.3 is 4.74 Å². The van der Waals surface area contributed by atoms with E-state index in [1.807, 2.05) is 6.92 Å². The first kappa shape index (κ1) is 22.4. The average Bonchev–Trinajstić information content (AvgIpc) is 3.21. The highest BCUT2D eigenvalue weighted by atomic mass is 32.2. The molecule has 1 aromatic carbocycles. The van der Waals surface area contributed by atoms with E-state index in [0.717, 1.165) is 19.3 Å². The van der Waals surface area contributed by atoms with Crippen LogP contribution in [0.1, 0.15) is 49.2 Å². The number of amides is 1. The van der Waals surface area contributed by atoms with Gasteiger partial charge in [0, 0.05) is 31.9 Å². The Morgan fingerprint density at radius 2 is 1.97 bits per heavy atom. The molecular formula is C20H25N3O5S2. The molecule has 8 nitrogen and oxygen atoms in total. The number of anilines is 1. The molecule has 1 fully saturated rings. The third-order valence-corrected chi connectivity index (χ3v) is 7.65. The molecule has 10 heteroatoms. The number of benzene rings is 1. The highest BCUT2D eigenvalue weighted by Crippen LogP contribution is 2.23. The predicted molar refractivity (Wildman–Crippen MR) is 114 cm³/mol. The van der Waals surface area contributed by atoms with Crippen molar-refractivity contribution in [3.63, 3.8) is 0 Å². The first-order chi connectivity index (χ1) is 14.3. The van der Waals surface area contributed by atoms with Crippen LogP contribution in [0.3, 0.4) is 0 Å². The summed E-state index contributed by atoms with van der Waals surface area (Å²) in [4.78, 5) is 30.0. The number of thiazole rings is 1. The molecule has 1 aliphatic heterocycles. The second-order valence-electron chi connectivity index (χ2n) is 6.95. The highest BCUT2D eigenvalue weighted by molar-refractivity contribution is 7.89. The molecule has 1 aromatic heterocycles. The summed E-state index contributed by atoms with van der Waals surface area (Å²) in [5.41, 5.74) is 0.697. The standard InChI is InChI=1S/C20H25N3O5S2/c1-3-23(15(2)24)20-21-17(14-29-20)13-28-19(25)16-8-7-9-18(12-16)30(26,27)22-10-5-4-6-11-22/h7-9,12,14H,3-6,10-11,13H2,1-2H3. The van der Waals surface area contributed by atoms with Crippen molar-refractivity contribution in [2.24, 2.45) is 0 Å². The van der Waals surface area contributed by atoms with Gasteiger partial charge in [0.2, 0.25) is 15.9 Å². The van der Waals surface area contributed by atoms with Crippen molar-refractivity contribution < 1.29 is 22.7 Å². The number of rotatable bonds is 7. The Labute approximate surface area is 180 Å². The molecule has 0 aliphatic carbocycles. The lowest BCUT2D eigenvalue weighted by Crippen LogP contribution is -2.35. The van der Waals surface area contributed by atoms with E-state index in [0.29, 0.717) is 30.5 Å². The predicted octanol–water partition coefficient (Wildman–Crippen LogP) is 3.05. The molecule has 0 unspecified atom stereocenters. The molecule has 0 atom stereocenters. The van der Waals surface area contributed by atoms with Gasteiger partial charge in [0.25, 0.3) is 0 Å². The summed E-state index contributed by atoms with van der Waals surface area (Å²) in [6, 6.07) is 5.92. The zero-order valence-corrected chi connectivity index (χ0v) is 18.7. The second kappa shape index (κ2) is 9.67. The van der Waals surface area contributed by atoms with Crippen LogP contribution in [0, 0.1) is 0 Å². The summed E-state index contributed by atoms with van der Waals surface area (Å²) in [5, 5.41) is 2.27. The monoisotopic (exact) mass is 451 g/mol. The SMILES string of the molecule is CCN(C(C)=O)c1nc(COC(=O)c2cccc(S(=O)(=O)N3CCCCC3)c2)cs1. The maximum absolute atomic E-state index is 12.8. The van der Waals surface area contributed by atoms with E-state index in [9.17, 15) is 18.0 Å². The summed E-state index contributed by atoms with van der Waals surface area (Å²) in [6.45, 7) is 4.76. The Hall–Kier alpha value is -2.30. The average molecular weight is 452 g/mol. The number of hydrogen-bond acceptors (Lipinski definition) is 7. The van der Waals surface area contributed by atoms with Gasteiger partial charge in [-0.25, -0.2) is 18.2 Å². The van der Waals surface area contributed by atoms with Crippen molar-refractivity contribution >= 4 is 38.4 Å². The lowest BCUT2D eigenvalue weighted by Gasteiger charge is -2.25. The van der Waals surface area contributed by atoms with Gasteiger partial charge in [0.1, 0.15) is 6.61 Å². The zero-order valence-electron chi connectivity index (χ0n) is 17.0. The number of piperidine rings is 1. The van der Waals surface area contributed by atoms with E-state index in [1.54, 1.807) is 11.4 Å². The van der Waals surface area contributed by atoms with Crippen LogP contribution in [0.15, 0.2) is 34.5 Å². The zero-order chi connectivity index (χ0) is 21.7. The van der Waals surface area contributed by atoms with Crippen molar-refractivity contribution in [2.75, 3.05) is 24.5 Å². The summed E-state index contributed by atoms with van der Waals surface area (Å²) in [6.07, 6.45) is 2.71. The molecule has 1 amide bonds. The number of carbonyl (C=O) groups excluding carboxylic acids is 2. The molecule has 0 saturated carbocycles. The first-order valence-electron chi connectivity index (χ1n) is 9.82. The van der Waals surface area contributed by atoms with Gasteiger partial charge in [0.05, 0.1) is 16.2 Å². The molecule has 2 aromatic rings. The van der Waals surface area contributed by atoms with Crippen LogP contribution in [0.5, 0.6) is 0 Å². The minimum Gasteiger partial charge on any atom is -0.456 e. The quantitative estimate of drug-likeness (QED) is 0.600. The van der Waals surface area contributed by atoms with E-state index < -0.39 is 16.0 Å². The Morgan fingerprint density at radius 3 is 2.63 bits per heavy atom. The Balaban J connectivity index is 1.67. The van der Waals surface area contributed by atoms with Crippen LogP contribution in [-0.4, -0.2) is 49.2 Å². The van der Waals surface area contributed by atoms with E-state index in [1.165, 1.54) is 45.7 Å². The Bertz CT molecular complexity index is 1010. The number of nitrogens with zero attached hydrogens (tertiary/aromatic N) is 3. The van der Waals surface area contributed by atoms with Gasteiger partial charge in [-0.2, -0.15) is 4.31 Å². The lowest BCUT2D eigenvalue weighted by molar-refractivity contribution is -0.116. The number of aromatic nitrogens is 1. The molecule has 0 radical (unpaired) electrons. The fourth-order valence-corrected chi connectivity index (χ4v) is 5.72. The molecule has 30 heavy (non-hydrogen) atoms. The number of esters is 1. The molecule has 0 bridgehead atoms. The van der Waals surface area contributed by atoms with Crippen molar-refractivity contribution in [1.82, 2.24) is 9.29 Å². The second-order valence-corrected chi connectivity index (χ2v) is 9.73. The fourth-order valence-electron chi connectivity index (χ4n) is 3.24. The lowest BCUT2D eigenvalue weighted by atomic mass is 10.2. The molecular weight excluding hydrogens is 426 g/mol. The minimum atomic E-state index is -3.63. The number of ether oxygens (including phenoxy) is 1. The third-order valence-electron chi connectivity index (χ3n) is 4.84. The molecule has 3 rings (SSSR count). The summed E-state index contributed by atoms with van der Waals surface area (Å²) < 4.78 is 32.4. The van der Waals surface area contributed by atoms with Crippen LogP contribution in [0.25, 0.3) is 0 Å². The summed E-state index contributed by atoms with van der Waals surface area (Å²) in [7, 11) is -3.63. The fraction of sp³-hybridized carbons (Fsp3) is 0.450. The normalized spacial score (nSPS) is 15.0. The van der Waals surface area contributed by atoms with E-state index in [-0.39, 0.29) is 23.0 Å². The number of carbonyl (C=O) groups is 2. The Morgan fingerprint density at radius 1 is 1.23 bits per heavy atom. The third kappa shape index (κ3) is 5.05. The number of sulfonamides is 1. The maximum Gasteiger partial charge on any atom is 0.338 e. The highest BCUT2D eigenvalue weighted by Gasteiger charge is 2.26. The summed E-state index contributed by atoms with van der Waals surface area (Å²) >= 11 is 1.30. The van der Waals surface area contributed by atoms with Crippen molar-refractivity contribution in [3.05, 3.63) is 40.9 Å². The molecule has 2 heterocycles.